The first-order valence-electron chi connectivity index (χ1n) is 11.4. The summed E-state index contributed by atoms with van der Waals surface area (Å²) in [6, 6.07) is 8.12. The molecule has 0 unspecified atom stereocenters. The Labute approximate surface area is 186 Å². The van der Waals surface area contributed by atoms with Gasteiger partial charge < -0.3 is 14.2 Å². The summed E-state index contributed by atoms with van der Waals surface area (Å²) >= 11 is 0. The number of ether oxygens (including phenoxy) is 1. The van der Waals surface area contributed by atoms with E-state index < -0.39 is 11.7 Å². The van der Waals surface area contributed by atoms with E-state index in [0.717, 1.165) is 48.1 Å². The van der Waals surface area contributed by atoms with Gasteiger partial charge in [0.1, 0.15) is 6.10 Å². The van der Waals surface area contributed by atoms with Crippen molar-refractivity contribution in [3.63, 3.8) is 0 Å². The van der Waals surface area contributed by atoms with Crippen LogP contribution in [0.1, 0.15) is 54.2 Å². The van der Waals surface area contributed by atoms with Crippen LogP contribution in [0.2, 0.25) is 0 Å². The summed E-state index contributed by atoms with van der Waals surface area (Å²) in [7, 11) is 2.02. The molecule has 0 spiro atoms. The van der Waals surface area contributed by atoms with Crippen molar-refractivity contribution in [2.45, 2.75) is 63.6 Å². The number of hydrogen-bond donors (Lipinski definition) is 0. The van der Waals surface area contributed by atoms with Crippen LogP contribution in [0.25, 0.3) is 10.9 Å². The second-order valence-corrected chi connectivity index (χ2v) is 9.07. The molecule has 1 aromatic carbocycles. The number of aromatic nitrogens is 2. The minimum atomic E-state index is -4.35. The quantitative estimate of drug-likeness (QED) is 0.504. The Morgan fingerprint density at radius 3 is 2.59 bits per heavy atom. The molecule has 32 heavy (non-hydrogen) atoms. The van der Waals surface area contributed by atoms with Gasteiger partial charge in [-0.2, -0.15) is 13.2 Å². The van der Waals surface area contributed by atoms with Crippen molar-refractivity contribution in [2.24, 2.45) is 0 Å². The van der Waals surface area contributed by atoms with Crippen LogP contribution in [0.3, 0.4) is 0 Å². The summed E-state index contributed by atoms with van der Waals surface area (Å²) in [4.78, 5) is 6.31. The van der Waals surface area contributed by atoms with Gasteiger partial charge in [-0.25, -0.2) is 0 Å². The predicted octanol–water partition coefficient (Wildman–Crippen LogP) is 5.74. The Bertz CT molecular complexity index is 1090. The van der Waals surface area contributed by atoms with Gasteiger partial charge in [0.25, 0.3) is 0 Å². The number of hydrogen-bond acceptors (Lipinski definition) is 3. The highest BCUT2D eigenvalue weighted by molar-refractivity contribution is 5.86. The van der Waals surface area contributed by atoms with Crippen molar-refractivity contribution in [3.8, 4) is 0 Å². The Morgan fingerprint density at radius 2 is 1.88 bits per heavy atom. The molecular formula is C25H28F3N3O. The maximum atomic E-state index is 13.4. The van der Waals surface area contributed by atoms with E-state index in [0.29, 0.717) is 18.5 Å². The van der Waals surface area contributed by atoms with E-state index in [1.54, 1.807) is 18.5 Å². The first-order valence-corrected chi connectivity index (χ1v) is 11.4. The van der Waals surface area contributed by atoms with Gasteiger partial charge in [0.15, 0.2) is 0 Å². The van der Waals surface area contributed by atoms with Crippen molar-refractivity contribution in [1.82, 2.24) is 14.5 Å². The average molecular weight is 444 g/mol. The first-order chi connectivity index (χ1) is 15.4. The van der Waals surface area contributed by atoms with Crippen LogP contribution in [-0.4, -0.2) is 34.1 Å². The van der Waals surface area contributed by atoms with Crippen LogP contribution in [0.5, 0.6) is 0 Å². The van der Waals surface area contributed by atoms with Gasteiger partial charge in [-0.1, -0.05) is 12.8 Å². The highest BCUT2D eigenvalue weighted by Crippen LogP contribution is 2.38. The highest BCUT2D eigenvalue weighted by atomic mass is 19.4. The van der Waals surface area contributed by atoms with Crippen LogP contribution in [0, 0.1) is 0 Å². The number of fused-ring (bicyclic) bond motifs is 3. The molecule has 1 atom stereocenters. The lowest BCUT2D eigenvalue weighted by atomic mass is 10.0. The van der Waals surface area contributed by atoms with Crippen LogP contribution in [-0.2, 0) is 30.4 Å². The lowest BCUT2D eigenvalue weighted by molar-refractivity contribution is -0.137. The predicted molar refractivity (Wildman–Crippen MR) is 117 cm³/mol. The van der Waals surface area contributed by atoms with E-state index in [-0.39, 0.29) is 12.2 Å². The fourth-order valence-corrected chi connectivity index (χ4v) is 5.20. The van der Waals surface area contributed by atoms with Gasteiger partial charge in [0.05, 0.1) is 18.2 Å². The lowest BCUT2D eigenvalue weighted by Gasteiger charge is -2.27. The SMILES string of the molecule is CN1CCc2c(c3cc(C(F)(F)F)ccc3n2C[C@H](OC2CCCC2)c2ccncc2)C1. The van der Waals surface area contributed by atoms with Crippen molar-refractivity contribution >= 4 is 10.9 Å². The Hall–Kier alpha value is -2.38. The van der Waals surface area contributed by atoms with Crippen molar-refractivity contribution in [3.05, 3.63) is 65.1 Å². The van der Waals surface area contributed by atoms with Gasteiger partial charge in [-0.05, 0) is 61.3 Å². The third-order valence-corrected chi connectivity index (χ3v) is 6.86. The molecule has 1 aliphatic carbocycles. The molecule has 3 heterocycles. The Morgan fingerprint density at radius 1 is 1.12 bits per heavy atom. The number of benzene rings is 1. The van der Waals surface area contributed by atoms with E-state index in [1.807, 2.05) is 19.2 Å². The van der Waals surface area contributed by atoms with Crippen molar-refractivity contribution in [1.29, 1.82) is 0 Å². The van der Waals surface area contributed by atoms with E-state index in [9.17, 15) is 13.2 Å². The smallest absolute Gasteiger partial charge is 0.368 e. The maximum absolute atomic E-state index is 13.4. The normalized spacial score (nSPS) is 18.9. The molecule has 4 nitrogen and oxygen atoms in total. The lowest BCUT2D eigenvalue weighted by Crippen LogP contribution is -2.28. The molecule has 1 fully saturated rings. The summed E-state index contributed by atoms with van der Waals surface area (Å²) in [6.45, 7) is 2.13. The molecular weight excluding hydrogens is 415 g/mol. The fraction of sp³-hybridized carbons (Fsp3) is 0.480. The number of likely N-dealkylation sites (N-methyl/N-ethyl adjacent to an activating group) is 1. The van der Waals surface area contributed by atoms with Crippen LogP contribution < -0.4 is 0 Å². The summed E-state index contributed by atoms with van der Waals surface area (Å²) in [6.07, 6.45) is 4.56. The maximum Gasteiger partial charge on any atom is 0.416 e. The summed E-state index contributed by atoms with van der Waals surface area (Å²) in [5.74, 6) is 0. The molecule has 5 rings (SSSR count). The first kappa shape index (κ1) is 21.5. The average Bonchev–Trinajstić information content (AvgIpc) is 3.39. The van der Waals surface area contributed by atoms with Gasteiger partial charge in [0.2, 0.25) is 0 Å². The number of halogens is 3. The zero-order valence-corrected chi connectivity index (χ0v) is 18.2. The molecule has 3 aromatic rings. The molecule has 7 heteroatoms. The van der Waals surface area contributed by atoms with E-state index in [4.69, 9.17) is 4.74 Å². The minimum Gasteiger partial charge on any atom is -0.368 e. The summed E-state index contributed by atoms with van der Waals surface area (Å²) in [5, 5.41) is 0.704. The zero-order chi connectivity index (χ0) is 22.3. The molecule has 0 bridgehead atoms. The molecule has 0 saturated heterocycles. The van der Waals surface area contributed by atoms with Gasteiger partial charge >= 0.3 is 6.18 Å². The van der Waals surface area contributed by atoms with Crippen LogP contribution in [0.15, 0.2) is 42.7 Å². The van der Waals surface area contributed by atoms with E-state index in [1.165, 1.54) is 25.0 Å². The second-order valence-electron chi connectivity index (χ2n) is 9.07. The third-order valence-electron chi connectivity index (χ3n) is 6.86. The molecule has 2 aromatic heterocycles. The van der Waals surface area contributed by atoms with Crippen molar-refractivity contribution < 1.29 is 17.9 Å². The Kier molecular flexibility index (Phi) is 5.72. The second kappa shape index (κ2) is 8.52. The minimum absolute atomic E-state index is 0.164. The molecule has 0 N–H and O–H groups in total. The van der Waals surface area contributed by atoms with Gasteiger partial charge in [-0.3, -0.25) is 4.98 Å². The standard InChI is InChI=1S/C25H28F3N3O/c1-30-13-10-23-21(15-30)20-14-18(25(26,27)28)6-7-22(20)31(23)16-24(17-8-11-29-12-9-17)32-19-4-2-3-5-19/h6-9,11-12,14,19,24H,2-5,10,13,15-16H2,1H3/t24-/m0/s1. The highest BCUT2D eigenvalue weighted by Gasteiger charge is 2.33. The third kappa shape index (κ3) is 4.16. The monoisotopic (exact) mass is 443 g/mol. The topological polar surface area (TPSA) is 30.3 Å². The number of nitrogens with zero attached hydrogens (tertiary/aromatic N) is 3. The van der Waals surface area contributed by atoms with E-state index in [2.05, 4.69) is 14.5 Å². The largest absolute Gasteiger partial charge is 0.416 e. The number of pyridine rings is 1. The summed E-state index contributed by atoms with van der Waals surface area (Å²) in [5.41, 5.74) is 3.46. The molecule has 0 amide bonds. The summed E-state index contributed by atoms with van der Waals surface area (Å²) < 4.78 is 49.1. The van der Waals surface area contributed by atoms with Gasteiger partial charge in [0, 0.05) is 48.5 Å². The van der Waals surface area contributed by atoms with E-state index >= 15 is 0 Å². The molecule has 170 valence electrons. The van der Waals surface area contributed by atoms with Crippen molar-refractivity contribution in [2.75, 3.05) is 13.6 Å². The zero-order valence-electron chi connectivity index (χ0n) is 18.2. The van der Waals surface area contributed by atoms with Crippen LogP contribution in [0.4, 0.5) is 13.2 Å². The number of alkyl halides is 3. The number of rotatable bonds is 5. The molecule has 2 aliphatic rings. The fourth-order valence-electron chi connectivity index (χ4n) is 5.20. The van der Waals surface area contributed by atoms with Crippen LogP contribution >= 0.6 is 0 Å². The molecule has 1 aliphatic heterocycles. The van der Waals surface area contributed by atoms with Gasteiger partial charge in [-0.15, -0.1) is 0 Å². The Balaban J connectivity index is 1.58. The molecule has 0 radical (unpaired) electrons. The molecule has 1 saturated carbocycles.